The monoisotopic (exact) mass is 516 g/mol. The summed E-state index contributed by atoms with van der Waals surface area (Å²) < 4.78 is 27.7. The minimum Gasteiger partial charge on any atom is -0.508 e. The first-order valence-corrected chi connectivity index (χ1v) is 11.1. The van der Waals surface area contributed by atoms with Crippen molar-refractivity contribution in [2.75, 3.05) is 0 Å². The highest BCUT2D eigenvalue weighted by atomic mass is 16.7. The Balaban J connectivity index is 1.83. The Labute approximate surface area is 209 Å². The molecule has 0 saturated carbocycles. The first kappa shape index (κ1) is 25.8. The zero-order valence-corrected chi connectivity index (χ0v) is 19.9. The third kappa shape index (κ3) is 5.15. The Bertz CT molecular complexity index is 1390. The van der Waals surface area contributed by atoms with E-state index in [0.717, 1.165) is 26.0 Å². The predicted octanol–water partition coefficient (Wildman–Crippen LogP) is 1.92. The Kier molecular flexibility index (Phi) is 6.96. The van der Waals surface area contributed by atoms with Crippen molar-refractivity contribution in [1.82, 2.24) is 0 Å². The lowest BCUT2D eigenvalue weighted by molar-refractivity contribution is -0.276. The number of carbonyl (C=O) groups is 2. The summed E-state index contributed by atoms with van der Waals surface area (Å²) in [6.45, 7) is 3.73. The summed E-state index contributed by atoms with van der Waals surface area (Å²) in [5.74, 6) is -3.14. The molecule has 5 atom stereocenters. The third-order valence-electron chi connectivity index (χ3n) is 5.64. The van der Waals surface area contributed by atoms with Crippen LogP contribution in [0, 0.1) is 0 Å². The predicted molar refractivity (Wildman–Crippen MR) is 125 cm³/mol. The van der Waals surface area contributed by atoms with E-state index in [2.05, 4.69) is 0 Å². The lowest BCUT2D eigenvalue weighted by atomic mass is 9.99. The molecule has 4 rings (SSSR count). The molecule has 0 aliphatic carbocycles. The largest absolute Gasteiger partial charge is 0.508 e. The van der Waals surface area contributed by atoms with Gasteiger partial charge >= 0.3 is 11.9 Å². The Morgan fingerprint density at radius 2 is 1.54 bits per heavy atom. The van der Waals surface area contributed by atoms with Crippen LogP contribution in [-0.2, 0) is 23.8 Å². The minimum absolute atomic E-state index is 0.0646. The molecule has 37 heavy (non-hydrogen) atoms. The first-order chi connectivity index (χ1) is 17.5. The molecular weight excluding hydrogens is 492 g/mol. The molecule has 0 amide bonds. The van der Waals surface area contributed by atoms with Crippen LogP contribution < -0.4 is 10.2 Å². The van der Waals surface area contributed by atoms with Crippen LogP contribution in [0.2, 0.25) is 0 Å². The van der Waals surface area contributed by atoms with Crippen molar-refractivity contribution in [1.29, 1.82) is 0 Å². The van der Waals surface area contributed by atoms with E-state index in [4.69, 9.17) is 23.4 Å². The number of phenols is 3. The van der Waals surface area contributed by atoms with Gasteiger partial charge in [0, 0.05) is 31.5 Å². The Hall–Kier alpha value is -4.29. The molecule has 12 heteroatoms. The number of aliphatic hydroxyl groups excluding tert-OH is 1. The quantitative estimate of drug-likeness (QED) is 0.362. The van der Waals surface area contributed by atoms with Crippen molar-refractivity contribution in [3.63, 3.8) is 0 Å². The van der Waals surface area contributed by atoms with Gasteiger partial charge in [0.25, 0.3) is 0 Å². The average molecular weight is 516 g/mol. The van der Waals surface area contributed by atoms with E-state index >= 15 is 0 Å². The van der Waals surface area contributed by atoms with Crippen LogP contribution >= 0.6 is 0 Å². The number of hydrogen-bond donors (Lipinski definition) is 4. The number of fused-ring (bicyclic) bond motifs is 1. The van der Waals surface area contributed by atoms with Gasteiger partial charge < -0.3 is 43.8 Å². The normalized spacial score (nSPS) is 23.4. The number of aromatic hydroxyl groups is 3. The fourth-order valence-corrected chi connectivity index (χ4v) is 4.06. The van der Waals surface area contributed by atoms with Crippen molar-refractivity contribution < 1.29 is 53.4 Å². The molecule has 1 fully saturated rings. The number of ether oxygens (including phenoxy) is 4. The zero-order valence-electron chi connectivity index (χ0n) is 19.9. The first-order valence-electron chi connectivity index (χ1n) is 11.1. The maximum absolute atomic E-state index is 13.5. The van der Waals surface area contributed by atoms with E-state index < -0.39 is 59.6 Å². The second kappa shape index (κ2) is 9.99. The van der Waals surface area contributed by atoms with Crippen LogP contribution in [0.4, 0.5) is 0 Å². The van der Waals surface area contributed by atoms with Crippen molar-refractivity contribution in [3.05, 3.63) is 46.6 Å². The summed E-state index contributed by atoms with van der Waals surface area (Å²) in [7, 11) is 0. The fourth-order valence-electron chi connectivity index (χ4n) is 4.06. The zero-order chi connectivity index (χ0) is 27.0. The van der Waals surface area contributed by atoms with Crippen LogP contribution in [0.3, 0.4) is 0 Å². The maximum atomic E-state index is 13.5. The second-order valence-electron chi connectivity index (χ2n) is 8.44. The molecular formula is C25H24O12. The van der Waals surface area contributed by atoms with Crippen LogP contribution in [0.5, 0.6) is 23.0 Å². The summed E-state index contributed by atoms with van der Waals surface area (Å²) in [4.78, 5) is 36.8. The van der Waals surface area contributed by atoms with Gasteiger partial charge in [0.15, 0.2) is 24.1 Å². The summed E-state index contributed by atoms with van der Waals surface area (Å²) >= 11 is 0. The Morgan fingerprint density at radius 1 is 0.919 bits per heavy atom. The lowest BCUT2D eigenvalue weighted by Crippen LogP contribution is -2.61. The molecule has 1 aromatic heterocycles. The van der Waals surface area contributed by atoms with Crippen LogP contribution in [-0.4, -0.2) is 63.1 Å². The number of aliphatic hydroxyl groups is 1. The molecule has 196 valence electrons. The van der Waals surface area contributed by atoms with Crippen molar-refractivity contribution in [3.8, 4) is 34.3 Å². The maximum Gasteiger partial charge on any atom is 0.303 e. The molecule has 0 spiro atoms. The summed E-state index contributed by atoms with van der Waals surface area (Å²) in [6, 6.07) is 7.58. The minimum atomic E-state index is -1.72. The van der Waals surface area contributed by atoms with Gasteiger partial charge in [-0.1, -0.05) is 0 Å². The van der Waals surface area contributed by atoms with Crippen LogP contribution in [0.1, 0.15) is 20.8 Å². The summed E-state index contributed by atoms with van der Waals surface area (Å²) in [5, 5.41) is 40.5. The summed E-state index contributed by atoms with van der Waals surface area (Å²) in [6.07, 6.45) is -6.85. The molecule has 1 aliphatic heterocycles. The number of rotatable bonds is 5. The van der Waals surface area contributed by atoms with Crippen LogP contribution in [0.15, 0.2) is 45.6 Å². The molecule has 2 aromatic carbocycles. The van der Waals surface area contributed by atoms with Crippen molar-refractivity contribution in [2.24, 2.45) is 0 Å². The van der Waals surface area contributed by atoms with E-state index in [1.54, 1.807) is 0 Å². The molecule has 3 aromatic rings. The molecule has 3 unspecified atom stereocenters. The highest BCUT2D eigenvalue weighted by molar-refractivity contribution is 5.88. The van der Waals surface area contributed by atoms with E-state index in [1.807, 2.05) is 0 Å². The molecule has 1 aliphatic rings. The van der Waals surface area contributed by atoms with E-state index in [0.29, 0.717) is 0 Å². The molecule has 4 N–H and O–H groups in total. The second-order valence-corrected chi connectivity index (χ2v) is 8.44. The van der Waals surface area contributed by atoms with Crippen LogP contribution in [0.25, 0.3) is 22.3 Å². The van der Waals surface area contributed by atoms with Crippen molar-refractivity contribution >= 4 is 22.9 Å². The molecule has 0 bridgehead atoms. The van der Waals surface area contributed by atoms with Gasteiger partial charge in [-0.05, 0) is 31.2 Å². The number of carbonyl (C=O) groups excluding carboxylic acids is 2. The molecule has 2 heterocycles. The molecule has 0 radical (unpaired) electrons. The SMILES string of the molecule is CC(=O)OC1C(O)[C@H](Oc2c(-c3ccc(O)cc3)oc3cc(O)cc(O)c3c2=O)OC(C)[C@@H]1OC(C)=O. The van der Waals surface area contributed by atoms with Gasteiger partial charge in [0.2, 0.25) is 17.5 Å². The van der Waals surface area contributed by atoms with Gasteiger partial charge in [-0.2, -0.15) is 0 Å². The smallest absolute Gasteiger partial charge is 0.303 e. The average Bonchev–Trinajstić information content (AvgIpc) is 2.80. The number of hydrogen-bond acceptors (Lipinski definition) is 12. The van der Waals surface area contributed by atoms with Crippen molar-refractivity contribution in [2.45, 2.75) is 51.5 Å². The van der Waals surface area contributed by atoms with Gasteiger partial charge in [0.05, 0.1) is 6.10 Å². The highest BCUT2D eigenvalue weighted by Gasteiger charge is 2.49. The van der Waals surface area contributed by atoms with E-state index in [1.165, 1.54) is 31.2 Å². The Morgan fingerprint density at radius 3 is 2.16 bits per heavy atom. The number of benzene rings is 2. The summed E-state index contributed by atoms with van der Waals surface area (Å²) in [5.41, 5.74) is -0.761. The lowest BCUT2D eigenvalue weighted by Gasteiger charge is -2.41. The van der Waals surface area contributed by atoms with E-state index in [-0.39, 0.29) is 33.8 Å². The topological polar surface area (TPSA) is 182 Å². The molecule has 12 nitrogen and oxygen atoms in total. The molecule has 1 saturated heterocycles. The van der Waals surface area contributed by atoms with Gasteiger partial charge in [-0.3, -0.25) is 14.4 Å². The van der Waals surface area contributed by atoms with Gasteiger partial charge in [-0.25, -0.2) is 0 Å². The number of esters is 2. The number of phenolic OH excluding ortho intramolecular Hbond substituents is 3. The van der Waals surface area contributed by atoms with Gasteiger partial charge in [0.1, 0.15) is 28.2 Å². The van der Waals surface area contributed by atoms with E-state index in [9.17, 15) is 34.8 Å². The third-order valence-corrected chi connectivity index (χ3v) is 5.64. The van der Waals surface area contributed by atoms with Gasteiger partial charge in [-0.15, -0.1) is 0 Å². The standard InChI is InChI=1S/C25H24O12/c1-10-21(34-11(2)26)24(35-12(3)27)20(32)25(33-10)37-23-19(31)18-16(30)8-15(29)9-17(18)36-22(23)13-4-6-14(28)7-5-13/h4-10,20-21,24-25,28-30,32H,1-3H3/t10?,20?,21-,24?,25-/m0/s1. The fraction of sp³-hybridized carbons (Fsp3) is 0.320. The highest BCUT2D eigenvalue weighted by Crippen LogP contribution is 2.37.